The van der Waals surface area contributed by atoms with Gasteiger partial charge in [0.2, 0.25) is 0 Å². The lowest BCUT2D eigenvalue weighted by molar-refractivity contribution is 0.0857. The van der Waals surface area contributed by atoms with Crippen molar-refractivity contribution in [2.45, 2.75) is 34.6 Å². The number of carbonyl (C=O) groups excluding carboxylic acids is 1. The number of aryl methyl sites for hydroxylation is 1. The van der Waals surface area contributed by atoms with E-state index in [0.29, 0.717) is 5.82 Å². The van der Waals surface area contributed by atoms with Gasteiger partial charge >= 0.3 is 0 Å². The number of rotatable bonds is 2. The van der Waals surface area contributed by atoms with E-state index < -0.39 is 5.41 Å². The Labute approximate surface area is 113 Å². The first-order valence-corrected chi connectivity index (χ1v) is 6.33. The van der Waals surface area contributed by atoms with Crippen LogP contribution in [0.25, 0.3) is 11.4 Å². The molecule has 100 valence electrons. The van der Waals surface area contributed by atoms with Crippen molar-refractivity contribution >= 4 is 5.78 Å². The zero-order chi connectivity index (χ0) is 14.2. The van der Waals surface area contributed by atoms with Crippen LogP contribution in [0.3, 0.4) is 0 Å². The molecular formula is C15H19N3O. The molecule has 0 aliphatic rings. The zero-order valence-corrected chi connectivity index (χ0v) is 12.0. The minimum Gasteiger partial charge on any atom is -0.294 e. The first-order valence-electron chi connectivity index (χ1n) is 6.33. The van der Waals surface area contributed by atoms with Crippen LogP contribution in [0.15, 0.2) is 18.5 Å². The van der Waals surface area contributed by atoms with Crippen molar-refractivity contribution in [1.29, 1.82) is 0 Å². The highest BCUT2D eigenvalue weighted by Gasteiger charge is 2.27. The molecule has 0 radical (unpaired) electrons. The van der Waals surface area contributed by atoms with E-state index in [1.54, 1.807) is 0 Å². The van der Waals surface area contributed by atoms with Crippen molar-refractivity contribution in [2.24, 2.45) is 5.41 Å². The van der Waals surface area contributed by atoms with Gasteiger partial charge in [-0.3, -0.25) is 9.89 Å². The van der Waals surface area contributed by atoms with E-state index in [1.807, 2.05) is 46.8 Å². The van der Waals surface area contributed by atoms with E-state index in [0.717, 1.165) is 22.3 Å². The summed E-state index contributed by atoms with van der Waals surface area (Å²) >= 11 is 0. The molecule has 1 aromatic heterocycles. The Morgan fingerprint density at radius 1 is 1.21 bits per heavy atom. The van der Waals surface area contributed by atoms with Crippen LogP contribution in [0.1, 0.15) is 42.3 Å². The Bertz CT molecular complexity index is 607. The molecule has 1 heterocycles. The maximum absolute atomic E-state index is 12.6. The molecule has 19 heavy (non-hydrogen) atoms. The van der Waals surface area contributed by atoms with Crippen LogP contribution < -0.4 is 0 Å². The van der Waals surface area contributed by atoms with Gasteiger partial charge in [0.1, 0.15) is 6.33 Å². The molecule has 0 saturated carbocycles. The fraction of sp³-hybridized carbons (Fsp3) is 0.400. The Morgan fingerprint density at radius 2 is 1.89 bits per heavy atom. The van der Waals surface area contributed by atoms with Crippen molar-refractivity contribution in [1.82, 2.24) is 15.2 Å². The van der Waals surface area contributed by atoms with Gasteiger partial charge < -0.3 is 0 Å². The van der Waals surface area contributed by atoms with Crippen LogP contribution in [-0.2, 0) is 0 Å². The normalized spacial score (nSPS) is 11.6. The molecule has 0 bridgehead atoms. The topological polar surface area (TPSA) is 58.6 Å². The van der Waals surface area contributed by atoms with Gasteiger partial charge in [0.25, 0.3) is 0 Å². The second-order valence-electron chi connectivity index (χ2n) is 5.84. The number of Topliss-reactive ketones (excluding diaryl/α,β-unsaturated/α-hetero) is 1. The van der Waals surface area contributed by atoms with Crippen LogP contribution in [0.2, 0.25) is 0 Å². The third-order valence-electron chi connectivity index (χ3n) is 3.25. The summed E-state index contributed by atoms with van der Waals surface area (Å²) in [7, 11) is 0. The van der Waals surface area contributed by atoms with Gasteiger partial charge in [-0.25, -0.2) is 4.98 Å². The first kappa shape index (κ1) is 13.5. The van der Waals surface area contributed by atoms with Crippen molar-refractivity contribution in [3.63, 3.8) is 0 Å². The monoisotopic (exact) mass is 257 g/mol. The van der Waals surface area contributed by atoms with Crippen molar-refractivity contribution < 1.29 is 4.79 Å². The van der Waals surface area contributed by atoms with Gasteiger partial charge in [0.05, 0.1) is 0 Å². The SMILES string of the molecule is Cc1ccc(-c2ncn[nH]2)c(C)c1C(=O)C(C)(C)C. The van der Waals surface area contributed by atoms with Crippen molar-refractivity contribution in [2.75, 3.05) is 0 Å². The van der Waals surface area contributed by atoms with E-state index >= 15 is 0 Å². The summed E-state index contributed by atoms with van der Waals surface area (Å²) in [5, 5.41) is 6.71. The number of nitrogens with zero attached hydrogens (tertiary/aromatic N) is 2. The van der Waals surface area contributed by atoms with Crippen LogP contribution in [0, 0.1) is 19.3 Å². The minimum absolute atomic E-state index is 0.156. The number of carbonyl (C=O) groups is 1. The predicted molar refractivity (Wildman–Crippen MR) is 75.1 cm³/mol. The number of nitrogens with one attached hydrogen (secondary N) is 1. The Morgan fingerprint density at radius 3 is 2.42 bits per heavy atom. The predicted octanol–water partition coefficient (Wildman–Crippen LogP) is 3.32. The van der Waals surface area contributed by atoms with Crippen molar-refractivity contribution in [3.8, 4) is 11.4 Å². The fourth-order valence-electron chi connectivity index (χ4n) is 2.16. The number of ketones is 1. The smallest absolute Gasteiger partial charge is 0.168 e. The molecule has 0 amide bonds. The van der Waals surface area contributed by atoms with E-state index in [1.165, 1.54) is 6.33 Å². The summed E-state index contributed by atoms with van der Waals surface area (Å²) in [5.74, 6) is 0.851. The highest BCUT2D eigenvalue weighted by Crippen LogP contribution is 2.30. The lowest BCUT2D eigenvalue weighted by atomic mass is 9.82. The number of aromatic amines is 1. The zero-order valence-electron chi connectivity index (χ0n) is 12.0. The Hall–Kier alpha value is -1.97. The summed E-state index contributed by atoms with van der Waals surface area (Å²) in [6.45, 7) is 9.75. The van der Waals surface area contributed by atoms with Gasteiger partial charge in [-0.05, 0) is 25.0 Å². The number of hydrogen-bond donors (Lipinski definition) is 1. The number of aromatic nitrogens is 3. The number of hydrogen-bond acceptors (Lipinski definition) is 3. The van der Waals surface area contributed by atoms with Crippen molar-refractivity contribution in [3.05, 3.63) is 35.2 Å². The van der Waals surface area contributed by atoms with Crippen LogP contribution in [-0.4, -0.2) is 21.0 Å². The molecule has 4 heteroatoms. The van der Waals surface area contributed by atoms with Gasteiger partial charge in [0, 0.05) is 16.5 Å². The second kappa shape index (κ2) is 4.61. The average molecular weight is 257 g/mol. The van der Waals surface area contributed by atoms with Crippen LogP contribution in [0.4, 0.5) is 0 Å². The lowest BCUT2D eigenvalue weighted by Gasteiger charge is -2.21. The van der Waals surface area contributed by atoms with E-state index in [2.05, 4.69) is 15.2 Å². The molecule has 0 aliphatic heterocycles. The lowest BCUT2D eigenvalue weighted by Crippen LogP contribution is -2.22. The molecule has 0 saturated heterocycles. The largest absolute Gasteiger partial charge is 0.294 e. The molecule has 1 aromatic carbocycles. The van der Waals surface area contributed by atoms with Gasteiger partial charge in [-0.2, -0.15) is 5.10 Å². The van der Waals surface area contributed by atoms with E-state index in [4.69, 9.17) is 0 Å². The summed E-state index contributed by atoms with van der Waals surface area (Å²) in [6.07, 6.45) is 1.47. The minimum atomic E-state index is -0.393. The maximum atomic E-state index is 12.6. The molecule has 0 fully saturated rings. The molecule has 0 spiro atoms. The number of H-pyrrole nitrogens is 1. The highest BCUT2D eigenvalue weighted by atomic mass is 16.1. The Kier molecular flexibility index (Phi) is 3.27. The molecule has 2 rings (SSSR count). The second-order valence-corrected chi connectivity index (χ2v) is 5.84. The van der Waals surface area contributed by atoms with Crippen LogP contribution in [0.5, 0.6) is 0 Å². The Balaban J connectivity index is 2.62. The molecule has 0 aliphatic carbocycles. The van der Waals surface area contributed by atoms with Gasteiger partial charge in [0.15, 0.2) is 11.6 Å². The summed E-state index contributed by atoms with van der Waals surface area (Å²) in [4.78, 5) is 16.7. The van der Waals surface area contributed by atoms with Gasteiger partial charge in [-0.1, -0.05) is 32.9 Å². The quantitative estimate of drug-likeness (QED) is 0.840. The third kappa shape index (κ3) is 2.43. The number of benzene rings is 1. The maximum Gasteiger partial charge on any atom is 0.168 e. The highest BCUT2D eigenvalue weighted by molar-refractivity contribution is 6.03. The first-order chi connectivity index (χ1) is 8.82. The fourth-order valence-corrected chi connectivity index (χ4v) is 2.16. The molecular weight excluding hydrogens is 238 g/mol. The van der Waals surface area contributed by atoms with E-state index in [9.17, 15) is 4.79 Å². The average Bonchev–Trinajstić information content (AvgIpc) is 2.81. The molecule has 0 unspecified atom stereocenters. The molecule has 0 atom stereocenters. The summed E-state index contributed by atoms with van der Waals surface area (Å²) in [5.41, 5.74) is 3.28. The van der Waals surface area contributed by atoms with E-state index in [-0.39, 0.29) is 5.78 Å². The summed E-state index contributed by atoms with van der Waals surface area (Å²) in [6, 6.07) is 3.94. The third-order valence-corrected chi connectivity index (χ3v) is 3.25. The molecule has 4 nitrogen and oxygen atoms in total. The summed E-state index contributed by atoms with van der Waals surface area (Å²) < 4.78 is 0. The van der Waals surface area contributed by atoms with Gasteiger partial charge in [-0.15, -0.1) is 0 Å². The van der Waals surface area contributed by atoms with Crippen LogP contribution >= 0.6 is 0 Å². The molecule has 1 N–H and O–H groups in total. The molecule has 2 aromatic rings. The standard InChI is InChI=1S/C15H19N3O/c1-9-6-7-11(14-16-8-17-18-14)10(2)12(9)13(19)15(3,4)5/h6-8H,1-5H3,(H,16,17,18).